The van der Waals surface area contributed by atoms with Crippen LogP contribution in [0.25, 0.3) is 0 Å². The third kappa shape index (κ3) is 5.12. The highest BCUT2D eigenvalue weighted by atomic mass is 32.1. The molecule has 1 heterocycles. The molecular weight excluding hydrogens is 322 g/mol. The van der Waals surface area contributed by atoms with Gasteiger partial charge in [0.25, 0.3) is 0 Å². The van der Waals surface area contributed by atoms with Gasteiger partial charge in [0.05, 0.1) is 18.2 Å². The maximum absolute atomic E-state index is 12.1. The minimum atomic E-state index is -0.232. The monoisotopic (exact) mass is 345 g/mol. The molecule has 24 heavy (non-hydrogen) atoms. The van der Waals surface area contributed by atoms with Crippen LogP contribution in [0.15, 0.2) is 35.7 Å². The lowest BCUT2D eigenvalue weighted by Crippen LogP contribution is -2.30. The van der Waals surface area contributed by atoms with Crippen LogP contribution in [0.1, 0.15) is 23.5 Å². The molecule has 2 N–H and O–H groups in total. The van der Waals surface area contributed by atoms with Gasteiger partial charge in [0.1, 0.15) is 5.01 Å². The molecule has 1 fully saturated rings. The topological polar surface area (TPSA) is 65.5 Å². The number of anilines is 1. The summed E-state index contributed by atoms with van der Waals surface area (Å²) in [6, 6.07) is 9.43. The predicted octanol–water partition coefficient (Wildman–Crippen LogP) is 2.53. The quantitative estimate of drug-likeness (QED) is 0.772. The number of nitrogens with zero attached hydrogens (tertiary/aromatic N) is 2. The van der Waals surface area contributed by atoms with E-state index in [-0.39, 0.29) is 18.4 Å². The molecule has 0 saturated heterocycles. The minimum Gasteiger partial charge on any atom is -0.392 e. The number of carbonyl (C=O) groups is 1. The summed E-state index contributed by atoms with van der Waals surface area (Å²) < 4.78 is 0. The molecule has 0 spiro atoms. The lowest BCUT2D eigenvalue weighted by molar-refractivity contribution is -0.115. The van der Waals surface area contributed by atoms with Crippen LogP contribution in [0.3, 0.4) is 0 Å². The maximum atomic E-state index is 12.1. The Balaban J connectivity index is 1.47. The van der Waals surface area contributed by atoms with Gasteiger partial charge in [-0.3, -0.25) is 9.69 Å². The van der Waals surface area contributed by atoms with Crippen molar-refractivity contribution < 1.29 is 9.90 Å². The first-order valence-electron chi connectivity index (χ1n) is 8.25. The Morgan fingerprint density at radius 3 is 2.88 bits per heavy atom. The molecule has 1 aliphatic carbocycles. The van der Waals surface area contributed by atoms with Crippen molar-refractivity contribution in [3.05, 3.63) is 46.4 Å². The number of thiazole rings is 1. The van der Waals surface area contributed by atoms with Crippen molar-refractivity contribution in [1.82, 2.24) is 9.88 Å². The smallest absolute Gasteiger partial charge is 0.231 e. The van der Waals surface area contributed by atoms with Crippen molar-refractivity contribution in [1.29, 1.82) is 0 Å². The maximum Gasteiger partial charge on any atom is 0.231 e. The predicted molar refractivity (Wildman–Crippen MR) is 96.0 cm³/mol. The molecule has 5 nitrogen and oxygen atoms in total. The van der Waals surface area contributed by atoms with Crippen molar-refractivity contribution >= 4 is 22.9 Å². The van der Waals surface area contributed by atoms with E-state index in [1.54, 1.807) is 0 Å². The second kappa shape index (κ2) is 7.88. The fraction of sp³-hybridized carbons (Fsp3) is 0.444. The number of aliphatic hydroxyl groups is 1. The Labute approximate surface area is 146 Å². The summed E-state index contributed by atoms with van der Waals surface area (Å²) in [4.78, 5) is 18.7. The van der Waals surface area contributed by atoms with E-state index in [0.29, 0.717) is 19.0 Å². The molecule has 1 aromatic carbocycles. The van der Waals surface area contributed by atoms with Gasteiger partial charge in [-0.2, -0.15) is 0 Å². The number of aliphatic hydroxyl groups excluding tert-OH is 1. The van der Waals surface area contributed by atoms with Crippen molar-refractivity contribution in [2.24, 2.45) is 5.92 Å². The number of carbonyl (C=O) groups excluding carboxylic acids is 1. The summed E-state index contributed by atoms with van der Waals surface area (Å²) in [5.74, 6) is 0.430. The highest BCUT2D eigenvalue weighted by Gasteiger charge is 2.30. The fourth-order valence-electron chi connectivity index (χ4n) is 2.66. The van der Waals surface area contributed by atoms with Crippen LogP contribution >= 0.6 is 11.3 Å². The second-order valence-electron chi connectivity index (χ2n) is 6.43. The number of hydrogen-bond donors (Lipinski definition) is 2. The number of nitrogens with one attached hydrogen (secondary N) is 1. The zero-order valence-electron chi connectivity index (χ0n) is 13.8. The van der Waals surface area contributed by atoms with Gasteiger partial charge < -0.3 is 10.4 Å². The molecule has 1 unspecified atom stereocenters. The lowest BCUT2D eigenvalue weighted by Gasteiger charge is -2.19. The molecule has 1 atom stereocenters. The second-order valence-corrected chi connectivity index (χ2v) is 7.37. The van der Waals surface area contributed by atoms with E-state index in [4.69, 9.17) is 0 Å². The van der Waals surface area contributed by atoms with E-state index in [0.717, 1.165) is 29.2 Å². The summed E-state index contributed by atoms with van der Waals surface area (Å²) in [7, 11) is 1.99. The van der Waals surface area contributed by atoms with Gasteiger partial charge in [-0.25, -0.2) is 4.98 Å². The number of aromatic nitrogens is 1. The molecule has 1 aliphatic rings. The molecule has 1 aromatic heterocycles. The Hall–Kier alpha value is -1.76. The largest absolute Gasteiger partial charge is 0.392 e. The van der Waals surface area contributed by atoms with Gasteiger partial charge in [0, 0.05) is 24.2 Å². The molecule has 1 saturated carbocycles. The molecule has 0 bridgehead atoms. The summed E-state index contributed by atoms with van der Waals surface area (Å²) in [5, 5.41) is 15.7. The highest BCUT2D eigenvalue weighted by Crippen LogP contribution is 2.32. The van der Waals surface area contributed by atoms with E-state index in [1.807, 2.05) is 42.8 Å². The van der Waals surface area contributed by atoms with Crippen LogP contribution in [0.4, 0.5) is 5.69 Å². The fourth-order valence-corrected chi connectivity index (χ4v) is 3.44. The number of para-hydroxylation sites is 1. The zero-order chi connectivity index (χ0) is 16.9. The van der Waals surface area contributed by atoms with Crippen molar-refractivity contribution in [3.8, 4) is 0 Å². The Kier molecular flexibility index (Phi) is 5.60. The highest BCUT2D eigenvalue weighted by molar-refractivity contribution is 7.09. The number of amides is 1. The van der Waals surface area contributed by atoms with Gasteiger partial charge >= 0.3 is 0 Å². The molecule has 0 radical (unpaired) electrons. The van der Waals surface area contributed by atoms with Crippen LogP contribution in [0, 0.1) is 5.92 Å². The van der Waals surface area contributed by atoms with Crippen LogP contribution in [0.5, 0.6) is 0 Å². The molecule has 1 amide bonds. The van der Waals surface area contributed by atoms with Gasteiger partial charge in [0.2, 0.25) is 5.91 Å². The summed E-state index contributed by atoms with van der Waals surface area (Å²) in [6.45, 7) is 1.37. The van der Waals surface area contributed by atoms with E-state index >= 15 is 0 Å². The third-order valence-electron chi connectivity index (χ3n) is 4.07. The van der Waals surface area contributed by atoms with Crippen LogP contribution in [0.2, 0.25) is 0 Å². The molecule has 0 aliphatic heterocycles. The normalized spacial score (nSPS) is 15.5. The SMILES string of the molecule is CN(Cc1csc(CC(=O)Nc2ccccc2)n1)CC(O)C1CC1. The average molecular weight is 345 g/mol. The summed E-state index contributed by atoms with van der Waals surface area (Å²) in [6.07, 6.45) is 2.34. The van der Waals surface area contributed by atoms with E-state index in [9.17, 15) is 9.90 Å². The number of likely N-dealkylation sites (N-methyl/N-ethyl adjacent to an activating group) is 1. The minimum absolute atomic E-state index is 0.0559. The van der Waals surface area contributed by atoms with Crippen molar-refractivity contribution in [3.63, 3.8) is 0 Å². The first-order valence-corrected chi connectivity index (χ1v) is 9.13. The van der Waals surface area contributed by atoms with Crippen LogP contribution in [-0.4, -0.2) is 40.6 Å². The van der Waals surface area contributed by atoms with Crippen molar-refractivity contribution in [2.45, 2.75) is 31.9 Å². The van der Waals surface area contributed by atoms with Crippen molar-refractivity contribution in [2.75, 3.05) is 18.9 Å². The number of benzene rings is 1. The standard InChI is InChI=1S/C18H23N3O2S/c1-21(11-16(22)13-7-8-13)10-15-12-24-18(20-15)9-17(23)19-14-5-3-2-4-6-14/h2-6,12-13,16,22H,7-11H2,1H3,(H,19,23). The van der Waals surface area contributed by atoms with E-state index in [1.165, 1.54) is 11.3 Å². The first kappa shape index (κ1) is 17.1. The first-order chi connectivity index (χ1) is 11.6. The number of hydrogen-bond acceptors (Lipinski definition) is 5. The Morgan fingerprint density at radius 2 is 2.17 bits per heavy atom. The summed E-state index contributed by atoms with van der Waals surface area (Å²) >= 11 is 1.51. The summed E-state index contributed by atoms with van der Waals surface area (Å²) in [5.41, 5.74) is 1.75. The van der Waals surface area contributed by atoms with E-state index < -0.39 is 0 Å². The Morgan fingerprint density at radius 1 is 1.42 bits per heavy atom. The lowest BCUT2D eigenvalue weighted by atomic mass is 10.2. The van der Waals surface area contributed by atoms with Gasteiger partial charge in [-0.1, -0.05) is 18.2 Å². The van der Waals surface area contributed by atoms with Gasteiger partial charge in [-0.05, 0) is 37.9 Å². The molecular formula is C18H23N3O2S. The van der Waals surface area contributed by atoms with Crippen LogP contribution in [-0.2, 0) is 17.8 Å². The number of rotatable bonds is 8. The van der Waals surface area contributed by atoms with E-state index in [2.05, 4.69) is 15.2 Å². The molecule has 6 heteroatoms. The third-order valence-corrected chi connectivity index (χ3v) is 4.96. The zero-order valence-corrected chi connectivity index (χ0v) is 14.6. The molecule has 128 valence electrons. The Bertz CT molecular complexity index is 670. The average Bonchev–Trinajstić information content (AvgIpc) is 3.31. The van der Waals surface area contributed by atoms with Crippen LogP contribution < -0.4 is 5.32 Å². The molecule has 3 rings (SSSR count). The molecule has 2 aromatic rings. The van der Waals surface area contributed by atoms with Gasteiger partial charge in [-0.15, -0.1) is 11.3 Å². The van der Waals surface area contributed by atoms with Gasteiger partial charge in [0.15, 0.2) is 0 Å².